The number of carbonyl (C=O) groups is 1. The molecule has 7 heteroatoms. The van der Waals surface area contributed by atoms with Gasteiger partial charge in [-0.2, -0.15) is 0 Å². The normalized spacial score (nSPS) is 21.6. The van der Waals surface area contributed by atoms with Crippen LogP contribution in [0.4, 0.5) is 11.4 Å². The van der Waals surface area contributed by atoms with Gasteiger partial charge in [0.15, 0.2) is 0 Å². The minimum absolute atomic E-state index is 0.0315. The maximum Gasteiger partial charge on any atom is 0.293 e. The number of ether oxygens (including phenoxy) is 1. The number of rotatable bonds is 5. The summed E-state index contributed by atoms with van der Waals surface area (Å²) in [5, 5.41) is 14.1. The van der Waals surface area contributed by atoms with Crippen molar-refractivity contribution in [2.45, 2.75) is 13.3 Å². The first-order valence-corrected chi connectivity index (χ1v) is 6.31. The molecule has 1 saturated heterocycles. The summed E-state index contributed by atoms with van der Waals surface area (Å²) in [7, 11) is 0. The van der Waals surface area contributed by atoms with Crippen LogP contribution in [0.3, 0.4) is 0 Å². The molecule has 1 fully saturated rings. The zero-order valence-corrected chi connectivity index (χ0v) is 11.2. The first kappa shape index (κ1) is 14.3. The van der Waals surface area contributed by atoms with Gasteiger partial charge in [0.1, 0.15) is 5.69 Å². The molecule has 20 heavy (non-hydrogen) atoms. The van der Waals surface area contributed by atoms with E-state index in [1.54, 1.807) is 0 Å². The van der Waals surface area contributed by atoms with Crippen LogP contribution < -0.4 is 11.1 Å². The van der Waals surface area contributed by atoms with Gasteiger partial charge in [-0.15, -0.1) is 0 Å². The van der Waals surface area contributed by atoms with Gasteiger partial charge in [0.05, 0.1) is 11.5 Å². The number of amides is 1. The van der Waals surface area contributed by atoms with Gasteiger partial charge >= 0.3 is 0 Å². The molecule has 7 nitrogen and oxygen atoms in total. The molecule has 1 amide bonds. The van der Waals surface area contributed by atoms with E-state index in [-0.39, 0.29) is 16.7 Å². The van der Waals surface area contributed by atoms with Crippen LogP contribution in [0.2, 0.25) is 0 Å². The number of anilines is 1. The number of nitrogens with zero attached hydrogens (tertiary/aromatic N) is 1. The minimum atomic E-state index is -0.684. The van der Waals surface area contributed by atoms with E-state index in [1.165, 1.54) is 18.2 Å². The molecule has 3 N–H and O–H groups in total. The van der Waals surface area contributed by atoms with Crippen molar-refractivity contribution in [1.29, 1.82) is 0 Å². The third-order valence-electron chi connectivity index (χ3n) is 3.49. The number of nitro benzene ring substituents is 1. The summed E-state index contributed by atoms with van der Waals surface area (Å²) in [6, 6.07) is 4.18. The van der Waals surface area contributed by atoms with Crippen LogP contribution in [0, 0.1) is 15.5 Å². The summed E-state index contributed by atoms with van der Waals surface area (Å²) < 4.78 is 5.34. The fraction of sp³-hybridized carbons (Fsp3) is 0.462. The molecule has 0 aliphatic carbocycles. The largest absolute Gasteiger partial charge is 0.381 e. The molecule has 1 aromatic carbocycles. The zero-order valence-electron chi connectivity index (χ0n) is 11.2. The third kappa shape index (κ3) is 3.05. The molecule has 0 spiro atoms. The molecule has 0 aromatic heterocycles. The third-order valence-corrected chi connectivity index (χ3v) is 3.49. The lowest BCUT2D eigenvalue weighted by Gasteiger charge is -2.22. The van der Waals surface area contributed by atoms with Crippen molar-refractivity contribution in [1.82, 2.24) is 0 Å². The highest BCUT2D eigenvalue weighted by atomic mass is 16.6. The molecule has 0 radical (unpaired) electrons. The lowest BCUT2D eigenvalue weighted by Crippen LogP contribution is -2.27. The Kier molecular flexibility index (Phi) is 3.89. The van der Waals surface area contributed by atoms with Crippen LogP contribution in [0.15, 0.2) is 18.2 Å². The molecular weight excluding hydrogens is 262 g/mol. The number of hydrogen-bond acceptors (Lipinski definition) is 5. The number of benzene rings is 1. The molecule has 1 aliphatic rings. The van der Waals surface area contributed by atoms with E-state index >= 15 is 0 Å². The Morgan fingerprint density at radius 2 is 2.35 bits per heavy atom. The lowest BCUT2D eigenvalue weighted by atomic mass is 9.90. The second kappa shape index (κ2) is 5.46. The topological polar surface area (TPSA) is 107 Å². The monoisotopic (exact) mass is 279 g/mol. The number of nitrogens with one attached hydrogen (secondary N) is 1. The van der Waals surface area contributed by atoms with Crippen molar-refractivity contribution in [2.24, 2.45) is 11.1 Å². The highest BCUT2D eigenvalue weighted by molar-refractivity contribution is 5.94. The Bertz CT molecular complexity index is 538. The zero-order chi connectivity index (χ0) is 14.8. The predicted molar refractivity (Wildman–Crippen MR) is 73.6 cm³/mol. The van der Waals surface area contributed by atoms with Crippen LogP contribution in [0.25, 0.3) is 0 Å². The van der Waals surface area contributed by atoms with E-state index in [0.29, 0.717) is 25.4 Å². The van der Waals surface area contributed by atoms with Gasteiger partial charge in [0.2, 0.25) is 5.91 Å². The van der Waals surface area contributed by atoms with Gasteiger partial charge < -0.3 is 15.8 Å². The predicted octanol–water partition coefficient (Wildman–Crippen LogP) is 1.53. The van der Waals surface area contributed by atoms with Crippen LogP contribution in [-0.4, -0.2) is 30.6 Å². The number of hydrogen-bond donors (Lipinski definition) is 2. The first-order chi connectivity index (χ1) is 9.41. The molecule has 1 heterocycles. The van der Waals surface area contributed by atoms with Crippen molar-refractivity contribution in [3.63, 3.8) is 0 Å². The highest BCUT2D eigenvalue weighted by Gasteiger charge is 2.30. The fourth-order valence-corrected chi connectivity index (χ4v) is 2.14. The van der Waals surface area contributed by atoms with Gasteiger partial charge in [-0.3, -0.25) is 14.9 Å². The number of nitro groups is 1. The van der Waals surface area contributed by atoms with Crippen molar-refractivity contribution < 1.29 is 14.5 Å². The maximum absolute atomic E-state index is 11.1. The van der Waals surface area contributed by atoms with Gasteiger partial charge in [0.25, 0.3) is 5.69 Å². The number of carbonyl (C=O) groups excluding carboxylic acids is 1. The fourth-order valence-electron chi connectivity index (χ4n) is 2.14. The summed E-state index contributed by atoms with van der Waals surface area (Å²) in [4.78, 5) is 21.6. The van der Waals surface area contributed by atoms with Gasteiger partial charge in [-0.05, 0) is 18.6 Å². The highest BCUT2D eigenvalue weighted by Crippen LogP contribution is 2.31. The summed E-state index contributed by atoms with van der Waals surface area (Å²) in [5.74, 6) is -0.684. The van der Waals surface area contributed by atoms with Crippen molar-refractivity contribution in [3.05, 3.63) is 33.9 Å². The van der Waals surface area contributed by atoms with Gasteiger partial charge in [0, 0.05) is 30.2 Å². The van der Waals surface area contributed by atoms with Gasteiger partial charge in [-0.25, -0.2) is 0 Å². The Hall–Kier alpha value is -2.15. The molecule has 0 saturated carbocycles. The van der Waals surface area contributed by atoms with E-state index in [9.17, 15) is 14.9 Å². The van der Waals surface area contributed by atoms with Crippen molar-refractivity contribution >= 4 is 17.3 Å². The molecule has 2 rings (SSSR count). The van der Waals surface area contributed by atoms with Crippen molar-refractivity contribution in [2.75, 3.05) is 25.1 Å². The molecule has 1 aliphatic heterocycles. The summed E-state index contributed by atoms with van der Waals surface area (Å²) in [5.41, 5.74) is 5.45. The van der Waals surface area contributed by atoms with E-state index in [4.69, 9.17) is 10.5 Å². The molecular formula is C13H17N3O4. The van der Waals surface area contributed by atoms with Gasteiger partial charge in [-0.1, -0.05) is 6.92 Å². The number of primary amides is 1. The number of nitrogens with two attached hydrogens (primary N) is 1. The Morgan fingerprint density at radius 3 is 2.90 bits per heavy atom. The maximum atomic E-state index is 11.1. The smallest absolute Gasteiger partial charge is 0.293 e. The summed E-state index contributed by atoms with van der Waals surface area (Å²) in [6.07, 6.45) is 0.910. The summed E-state index contributed by atoms with van der Waals surface area (Å²) >= 11 is 0. The lowest BCUT2D eigenvalue weighted by molar-refractivity contribution is -0.384. The average molecular weight is 279 g/mol. The first-order valence-electron chi connectivity index (χ1n) is 6.31. The van der Waals surface area contributed by atoms with Crippen LogP contribution in [0.5, 0.6) is 0 Å². The van der Waals surface area contributed by atoms with E-state index in [1.807, 2.05) is 0 Å². The molecule has 1 atom stereocenters. The average Bonchev–Trinajstić information content (AvgIpc) is 2.83. The Labute approximate surface area is 116 Å². The van der Waals surface area contributed by atoms with Crippen LogP contribution >= 0.6 is 0 Å². The summed E-state index contributed by atoms with van der Waals surface area (Å²) in [6.45, 7) is 3.98. The molecule has 0 bridgehead atoms. The SMILES string of the molecule is C[C@]1(CNc2ccc(C(N)=O)cc2[N+](=O)[O-])CCOC1. The second-order valence-electron chi connectivity index (χ2n) is 5.32. The minimum Gasteiger partial charge on any atom is -0.381 e. The Morgan fingerprint density at radius 1 is 1.60 bits per heavy atom. The standard InChI is InChI=1S/C13H17N3O4/c1-13(4-5-20-8-13)7-15-10-3-2-9(12(14)17)6-11(10)16(18)19/h2-3,6,15H,4-5,7-8H2,1H3,(H2,14,17)/t13-/m1/s1. The van der Waals surface area contributed by atoms with Crippen LogP contribution in [0.1, 0.15) is 23.7 Å². The van der Waals surface area contributed by atoms with E-state index in [0.717, 1.165) is 6.42 Å². The quantitative estimate of drug-likeness (QED) is 0.627. The Balaban J connectivity index is 2.18. The molecule has 1 aromatic rings. The van der Waals surface area contributed by atoms with E-state index < -0.39 is 10.8 Å². The molecule has 0 unspecified atom stereocenters. The van der Waals surface area contributed by atoms with E-state index in [2.05, 4.69) is 12.2 Å². The second-order valence-corrected chi connectivity index (χ2v) is 5.32. The van der Waals surface area contributed by atoms with Crippen molar-refractivity contribution in [3.8, 4) is 0 Å². The molecule has 108 valence electrons. The van der Waals surface area contributed by atoms with Crippen LogP contribution in [-0.2, 0) is 4.74 Å².